The van der Waals surface area contributed by atoms with Crippen LogP contribution in [-0.2, 0) is 6.42 Å². The number of hydrogen-bond donors (Lipinski definition) is 1. The number of hydrogen-bond acceptors (Lipinski definition) is 5. The second-order valence-electron chi connectivity index (χ2n) is 5.63. The highest BCUT2D eigenvalue weighted by atomic mass is 16.5. The molecule has 0 aliphatic heterocycles. The summed E-state index contributed by atoms with van der Waals surface area (Å²) in [5.41, 5.74) is 3.46. The second-order valence-corrected chi connectivity index (χ2v) is 5.63. The van der Waals surface area contributed by atoms with Crippen LogP contribution >= 0.6 is 0 Å². The molecule has 2 aromatic heterocycles. The van der Waals surface area contributed by atoms with Crippen LogP contribution in [-0.4, -0.2) is 26.2 Å². The quantitative estimate of drug-likeness (QED) is 0.598. The first-order valence-corrected chi connectivity index (χ1v) is 8.43. The highest BCUT2D eigenvalue weighted by Crippen LogP contribution is 2.30. The van der Waals surface area contributed by atoms with Gasteiger partial charge in [0.1, 0.15) is 11.6 Å². The van der Waals surface area contributed by atoms with E-state index in [9.17, 15) is 0 Å². The Morgan fingerprint density at radius 1 is 1.00 bits per heavy atom. The van der Waals surface area contributed by atoms with E-state index in [1.165, 1.54) is 0 Å². The lowest BCUT2D eigenvalue weighted by Crippen LogP contribution is -2.03. The van der Waals surface area contributed by atoms with Crippen LogP contribution in [0.1, 0.15) is 19.7 Å². The van der Waals surface area contributed by atoms with Crippen LogP contribution in [0.25, 0.3) is 16.7 Å². The number of aromatic nitrogens is 4. The van der Waals surface area contributed by atoms with Crippen molar-refractivity contribution in [1.29, 1.82) is 0 Å². The van der Waals surface area contributed by atoms with E-state index >= 15 is 0 Å². The van der Waals surface area contributed by atoms with Crippen LogP contribution in [0.3, 0.4) is 0 Å². The largest absolute Gasteiger partial charge is 0.492 e. The summed E-state index contributed by atoms with van der Waals surface area (Å²) in [4.78, 5) is 4.76. The Bertz CT molecular complexity index is 1040. The van der Waals surface area contributed by atoms with Crippen LogP contribution < -0.4 is 10.1 Å². The maximum atomic E-state index is 5.70. The molecule has 6 heteroatoms. The van der Waals surface area contributed by atoms with Gasteiger partial charge in [0.25, 0.3) is 0 Å². The Morgan fingerprint density at radius 3 is 2.64 bits per heavy atom. The monoisotopic (exact) mass is 333 g/mol. The molecule has 0 spiro atoms. The molecule has 126 valence electrons. The summed E-state index contributed by atoms with van der Waals surface area (Å²) in [6.07, 6.45) is 0.796. The van der Waals surface area contributed by atoms with Crippen molar-refractivity contribution in [3.8, 4) is 5.75 Å². The molecule has 0 bridgehead atoms. The van der Waals surface area contributed by atoms with E-state index < -0.39 is 0 Å². The molecule has 25 heavy (non-hydrogen) atoms. The summed E-state index contributed by atoms with van der Waals surface area (Å²) in [6.45, 7) is 4.64. The normalized spacial score (nSPS) is 11.1. The lowest BCUT2D eigenvalue weighted by molar-refractivity contribution is 0.342. The van der Waals surface area contributed by atoms with Crippen LogP contribution in [0.5, 0.6) is 5.75 Å². The molecular weight excluding hydrogens is 314 g/mol. The van der Waals surface area contributed by atoms with Gasteiger partial charge < -0.3 is 10.1 Å². The Kier molecular flexibility index (Phi) is 3.93. The number of nitrogens with one attached hydrogen (secondary N) is 1. The summed E-state index contributed by atoms with van der Waals surface area (Å²) in [6, 6.07) is 15.8. The molecule has 0 saturated carbocycles. The van der Waals surface area contributed by atoms with E-state index in [4.69, 9.17) is 9.72 Å². The SMILES string of the molecule is CCOc1ccccc1Nc1nc2ccccc2n2c(CC)nnc12. The van der Waals surface area contributed by atoms with Gasteiger partial charge in [-0.15, -0.1) is 10.2 Å². The highest BCUT2D eigenvalue weighted by Gasteiger charge is 2.15. The first-order chi connectivity index (χ1) is 12.3. The van der Waals surface area contributed by atoms with E-state index in [-0.39, 0.29) is 0 Å². The van der Waals surface area contributed by atoms with Gasteiger partial charge in [-0.3, -0.25) is 4.40 Å². The predicted molar refractivity (Wildman–Crippen MR) is 98.6 cm³/mol. The maximum absolute atomic E-state index is 5.70. The van der Waals surface area contributed by atoms with Gasteiger partial charge >= 0.3 is 0 Å². The van der Waals surface area contributed by atoms with Crippen LogP contribution in [0, 0.1) is 0 Å². The highest BCUT2D eigenvalue weighted by molar-refractivity contribution is 5.85. The molecular formula is C19H19N5O. The first-order valence-electron chi connectivity index (χ1n) is 8.43. The molecule has 2 heterocycles. The van der Waals surface area contributed by atoms with Gasteiger partial charge in [0.2, 0.25) is 5.65 Å². The van der Waals surface area contributed by atoms with Crippen molar-refractivity contribution in [2.75, 3.05) is 11.9 Å². The zero-order valence-corrected chi connectivity index (χ0v) is 14.2. The Balaban J connectivity index is 1.91. The Morgan fingerprint density at radius 2 is 1.80 bits per heavy atom. The number of ether oxygens (including phenoxy) is 1. The molecule has 6 nitrogen and oxygen atoms in total. The minimum absolute atomic E-state index is 0.601. The molecule has 2 aromatic carbocycles. The van der Waals surface area contributed by atoms with Gasteiger partial charge in [0.15, 0.2) is 5.82 Å². The standard InChI is InChI=1S/C19H19N5O/c1-3-17-22-23-19-18(20-13-9-5-7-11-15(13)24(17)19)21-14-10-6-8-12-16(14)25-4-2/h5-12H,3-4H2,1-2H3,(H,20,21). The van der Waals surface area contributed by atoms with Gasteiger partial charge in [-0.2, -0.15) is 0 Å². The predicted octanol–water partition coefficient (Wildman–Crippen LogP) is 3.98. The molecule has 0 unspecified atom stereocenters. The maximum Gasteiger partial charge on any atom is 0.204 e. The van der Waals surface area contributed by atoms with E-state index in [2.05, 4.69) is 26.8 Å². The number of nitrogens with zero attached hydrogens (tertiary/aromatic N) is 4. The third kappa shape index (κ3) is 2.65. The second kappa shape index (κ2) is 6.39. The van der Waals surface area contributed by atoms with Crippen molar-refractivity contribution >= 4 is 28.2 Å². The summed E-state index contributed by atoms with van der Waals surface area (Å²) in [5, 5.41) is 12.1. The van der Waals surface area contributed by atoms with E-state index in [1.54, 1.807) is 0 Å². The number of aryl methyl sites for hydroxylation is 1. The smallest absolute Gasteiger partial charge is 0.204 e. The zero-order valence-electron chi connectivity index (χ0n) is 14.2. The Labute approximate surface area is 145 Å². The van der Waals surface area contributed by atoms with Gasteiger partial charge in [0.05, 0.1) is 23.3 Å². The molecule has 0 amide bonds. The first kappa shape index (κ1) is 15.4. The molecule has 0 radical (unpaired) electrons. The summed E-state index contributed by atoms with van der Waals surface area (Å²) < 4.78 is 7.77. The molecule has 4 rings (SSSR count). The summed E-state index contributed by atoms with van der Waals surface area (Å²) in [7, 11) is 0. The molecule has 4 aromatic rings. The average molecular weight is 333 g/mol. The average Bonchev–Trinajstić information content (AvgIpc) is 3.08. The third-order valence-electron chi connectivity index (χ3n) is 4.05. The lowest BCUT2D eigenvalue weighted by atomic mass is 10.2. The lowest BCUT2D eigenvalue weighted by Gasteiger charge is -2.13. The molecule has 0 aliphatic rings. The van der Waals surface area contributed by atoms with Crippen LogP contribution in [0.15, 0.2) is 48.5 Å². The number of rotatable bonds is 5. The number of anilines is 2. The zero-order chi connectivity index (χ0) is 17.2. The fourth-order valence-corrected chi connectivity index (χ4v) is 2.93. The van der Waals surface area contributed by atoms with E-state index in [1.807, 2.05) is 55.5 Å². The van der Waals surface area contributed by atoms with Crippen molar-refractivity contribution < 1.29 is 4.74 Å². The molecule has 0 atom stereocenters. The number of benzene rings is 2. The van der Waals surface area contributed by atoms with Gasteiger partial charge in [-0.05, 0) is 31.2 Å². The van der Waals surface area contributed by atoms with Gasteiger partial charge in [-0.25, -0.2) is 4.98 Å². The van der Waals surface area contributed by atoms with Crippen molar-refractivity contribution in [3.63, 3.8) is 0 Å². The minimum Gasteiger partial charge on any atom is -0.492 e. The molecule has 0 aliphatic carbocycles. The topological polar surface area (TPSA) is 64.3 Å². The fraction of sp³-hybridized carbons (Fsp3) is 0.211. The number of fused-ring (bicyclic) bond motifs is 3. The minimum atomic E-state index is 0.601. The molecule has 0 saturated heterocycles. The van der Waals surface area contributed by atoms with Crippen molar-refractivity contribution in [3.05, 3.63) is 54.4 Å². The number of para-hydroxylation sites is 4. The van der Waals surface area contributed by atoms with Crippen molar-refractivity contribution in [1.82, 2.24) is 19.6 Å². The van der Waals surface area contributed by atoms with Crippen LogP contribution in [0.2, 0.25) is 0 Å². The molecule has 1 N–H and O–H groups in total. The van der Waals surface area contributed by atoms with E-state index in [0.717, 1.165) is 34.7 Å². The van der Waals surface area contributed by atoms with E-state index in [0.29, 0.717) is 18.1 Å². The summed E-state index contributed by atoms with van der Waals surface area (Å²) in [5.74, 6) is 2.36. The summed E-state index contributed by atoms with van der Waals surface area (Å²) >= 11 is 0. The van der Waals surface area contributed by atoms with Gasteiger partial charge in [-0.1, -0.05) is 31.2 Å². The third-order valence-corrected chi connectivity index (χ3v) is 4.05. The van der Waals surface area contributed by atoms with Gasteiger partial charge in [0, 0.05) is 6.42 Å². The van der Waals surface area contributed by atoms with Crippen molar-refractivity contribution in [2.24, 2.45) is 0 Å². The molecule has 0 fully saturated rings. The fourth-order valence-electron chi connectivity index (χ4n) is 2.93. The van der Waals surface area contributed by atoms with Crippen LogP contribution in [0.4, 0.5) is 11.5 Å². The van der Waals surface area contributed by atoms with Crippen molar-refractivity contribution in [2.45, 2.75) is 20.3 Å². The Hall–Kier alpha value is -3.15.